The molecular weight excluding hydrogens is 348 g/mol. The fourth-order valence-electron chi connectivity index (χ4n) is 2.57. The minimum Gasteiger partial charge on any atom is -0.485 e. The van der Waals surface area contributed by atoms with Crippen molar-refractivity contribution >= 4 is 16.7 Å². The van der Waals surface area contributed by atoms with Crippen molar-refractivity contribution in [1.29, 1.82) is 0 Å². The van der Waals surface area contributed by atoms with Gasteiger partial charge in [0.2, 0.25) is 0 Å². The third kappa shape index (κ3) is 3.76. The van der Waals surface area contributed by atoms with Gasteiger partial charge in [0.25, 0.3) is 5.91 Å². The van der Waals surface area contributed by atoms with Gasteiger partial charge in [0.15, 0.2) is 17.3 Å². The van der Waals surface area contributed by atoms with Crippen molar-refractivity contribution in [3.63, 3.8) is 0 Å². The quantitative estimate of drug-likeness (QED) is 0.538. The fourth-order valence-corrected chi connectivity index (χ4v) is 2.57. The second kappa shape index (κ2) is 7.24. The minimum absolute atomic E-state index is 0.155. The molecule has 0 radical (unpaired) electrons. The molecule has 3 heterocycles. The Morgan fingerprint density at radius 2 is 2.26 bits per heavy atom. The van der Waals surface area contributed by atoms with Crippen LogP contribution < -0.4 is 10.1 Å². The van der Waals surface area contributed by atoms with E-state index in [1.54, 1.807) is 25.4 Å². The minimum atomic E-state index is -0.372. The van der Waals surface area contributed by atoms with Crippen LogP contribution in [0.2, 0.25) is 0 Å². The molecule has 1 aromatic carbocycles. The zero-order valence-electron chi connectivity index (χ0n) is 14.5. The van der Waals surface area contributed by atoms with Crippen LogP contribution in [0, 0.1) is 6.92 Å². The van der Waals surface area contributed by atoms with Crippen LogP contribution in [0.1, 0.15) is 27.9 Å². The Balaban J connectivity index is 1.38. The third-order valence-electron chi connectivity index (χ3n) is 3.85. The van der Waals surface area contributed by atoms with Crippen molar-refractivity contribution in [1.82, 2.24) is 30.6 Å². The standard InChI is InChI=1S/C18H16N6O3/c1-11-21-17(23-22-11)9-20-18(25)15-7-13(27-24-15)10-26-16-4-2-3-12-8-19-6-5-14(12)16/h2-8H,9-10H2,1H3,(H,20,25)(H,21,22,23). The van der Waals surface area contributed by atoms with Gasteiger partial charge in [0, 0.05) is 29.2 Å². The number of nitrogens with one attached hydrogen (secondary N) is 2. The molecule has 0 aliphatic heterocycles. The van der Waals surface area contributed by atoms with Gasteiger partial charge in [-0.3, -0.25) is 14.9 Å². The number of rotatable bonds is 6. The van der Waals surface area contributed by atoms with E-state index in [9.17, 15) is 4.79 Å². The SMILES string of the molecule is Cc1nc(CNC(=O)c2cc(COc3cccc4cnccc34)on2)n[nH]1. The number of pyridine rings is 1. The molecule has 0 bridgehead atoms. The Morgan fingerprint density at radius 3 is 3.11 bits per heavy atom. The molecule has 0 saturated carbocycles. The number of hydrogen-bond donors (Lipinski definition) is 2. The number of amides is 1. The summed E-state index contributed by atoms with van der Waals surface area (Å²) in [6.07, 6.45) is 3.48. The van der Waals surface area contributed by atoms with E-state index in [1.807, 2.05) is 24.3 Å². The largest absolute Gasteiger partial charge is 0.485 e. The lowest BCUT2D eigenvalue weighted by molar-refractivity contribution is 0.0940. The van der Waals surface area contributed by atoms with Gasteiger partial charge < -0.3 is 14.6 Å². The maximum atomic E-state index is 12.1. The lowest BCUT2D eigenvalue weighted by Gasteiger charge is -2.07. The molecule has 0 fully saturated rings. The molecule has 4 rings (SSSR count). The van der Waals surface area contributed by atoms with Crippen molar-refractivity contribution in [2.75, 3.05) is 0 Å². The van der Waals surface area contributed by atoms with E-state index in [1.165, 1.54) is 0 Å². The first-order chi connectivity index (χ1) is 13.2. The predicted molar refractivity (Wildman–Crippen MR) is 94.9 cm³/mol. The number of nitrogens with zero attached hydrogens (tertiary/aromatic N) is 4. The first-order valence-corrected chi connectivity index (χ1v) is 8.26. The van der Waals surface area contributed by atoms with Gasteiger partial charge in [0.05, 0.1) is 6.54 Å². The van der Waals surface area contributed by atoms with E-state index in [4.69, 9.17) is 9.26 Å². The molecule has 9 heteroatoms. The number of carbonyl (C=O) groups excluding carboxylic acids is 1. The van der Waals surface area contributed by atoms with Crippen LogP contribution in [-0.4, -0.2) is 31.2 Å². The maximum Gasteiger partial charge on any atom is 0.273 e. The van der Waals surface area contributed by atoms with E-state index < -0.39 is 0 Å². The molecule has 136 valence electrons. The fraction of sp³-hybridized carbons (Fsp3) is 0.167. The summed E-state index contributed by atoms with van der Waals surface area (Å²) in [5, 5.41) is 15.1. The summed E-state index contributed by atoms with van der Waals surface area (Å²) in [5.74, 6) is 1.96. The van der Waals surface area contributed by atoms with Gasteiger partial charge in [-0.1, -0.05) is 17.3 Å². The molecule has 0 saturated heterocycles. The van der Waals surface area contributed by atoms with E-state index >= 15 is 0 Å². The first-order valence-electron chi connectivity index (χ1n) is 8.26. The van der Waals surface area contributed by atoms with Crippen LogP contribution in [0.25, 0.3) is 10.8 Å². The molecular formula is C18H16N6O3. The molecule has 0 aliphatic carbocycles. The highest BCUT2D eigenvalue weighted by molar-refractivity contribution is 5.92. The second-order valence-corrected chi connectivity index (χ2v) is 5.84. The summed E-state index contributed by atoms with van der Waals surface area (Å²) in [4.78, 5) is 20.4. The van der Waals surface area contributed by atoms with Gasteiger partial charge in [-0.05, 0) is 19.1 Å². The van der Waals surface area contributed by atoms with Gasteiger partial charge in [-0.25, -0.2) is 4.98 Å². The van der Waals surface area contributed by atoms with Crippen LogP contribution in [0.5, 0.6) is 5.75 Å². The molecule has 0 aliphatic rings. The lowest BCUT2D eigenvalue weighted by Crippen LogP contribution is -2.23. The van der Waals surface area contributed by atoms with Crippen molar-refractivity contribution in [2.45, 2.75) is 20.1 Å². The number of fused-ring (bicyclic) bond motifs is 1. The highest BCUT2D eigenvalue weighted by Crippen LogP contribution is 2.25. The summed E-state index contributed by atoms with van der Waals surface area (Å²) >= 11 is 0. The molecule has 0 spiro atoms. The Bertz CT molecular complexity index is 1080. The van der Waals surface area contributed by atoms with Gasteiger partial charge in [-0.2, -0.15) is 5.10 Å². The Kier molecular flexibility index (Phi) is 4.48. The second-order valence-electron chi connectivity index (χ2n) is 5.84. The van der Waals surface area contributed by atoms with E-state index in [-0.39, 0.29) is 24.8 Å². The molecule has 4 aromatic rings. The Labute approximate surface area is 153 Å². The number of hydrogen-bond acceptors (Lipinski definition) is 7. The monoisotopic (exact) mass is 364 g/mol. The zero-order valence-corrected chi connectivity index (χ0v) is 14.5. The zero-order chi connectivity index (χ0) is 18.6. The summed E-state index contributed by atoms with van der Waals surface area (Å²) in [6.45, 7) is 2.14. The number of aryl methyl sites for hydroxylation is 1. The topological polar surface area (TPSA) is 119 Å². The normalized spacial score (nSPS) is 10.9. The molecule has 9 nitrogen and oxygen atoms in total. The number of aromatic nitrogens is 5. The smallest absolute Gasteiger partial charge is 0.273 e. The first kappa shape index (κ1) is 16.7. The molecule has 0 unspecified atom stereocenters. The predicted octanol–water partition coefficient (Wildman–Crippen LogP) is 2.16. The summed E-state index contributed by atoms with van der Waals surface area (Å²) in [7, 11) is 0. The molecule has 0 atom stereocenters. The molecule has 27 heavy (non-hydrogen) atoms. The number of ether oxygens (including phenoxy) is 1. The average Bonchev–Trinajstić information content (AvgIpc) is 3.33. The number of carbonyl (C=O) groups is 1. The van der Waals surface area contributed by atoms with Crippen LogP contribution in [0.15, 0.2) is 47.2 Å². The van der Waals surface area contributed by atoms with E-state index in [2.05, 4.69) is 30.6 Å². The highest BCUT2D eigenvalue weighted by Gasteiger charge is 2.14. The van der Waals surface area contributed by atoms with Crippen molar-refractivity contribution in [2.24, 2.45) is 0 Å². The van der Waals surface area contributed by atoms with Crippen LogP contribution in [0.4, 0.5) is 0 Å². The van der Waals surface area contributed by atoms with Crippen molar-refractivity contribution in [3.05, 3.63) is 65.8 Å². The lowest BCUT2D eigenvalue weighted by atomic mass is 10.1. The van der Waals surface area contributed by atoms with E-state index in [0.29, 0.717) is 23.2 Å². The molecule has 1 amide bonds. The van der Waals surface area contributed by atoms with Crippen molar-refractivity contribution in [3.8, 4) is 5.75 Å². The molecule has 2 N–H and O–H groups in total. The Hall–Kier alpha value is -3.75. The summed E-state index contributed by atoms with van der Waals surface area (Å²) < 4.78 is 11.0. The van der Waals surface area contributed by atoms with Crippen LogP contribution >= 0.6 is 0 Å². The van der Waals surface area contributed by atoms with E-state index in [0.717, 1.165) is 10.8 Å². The average molecular weight is 364 g/mol. The number of aromatic amines is 1. The summed E-state index contributed by atoms with van der Waals surface area (Å²) in [6, 6.07) is 9.15. The summed E-state index contributed by atoms with van der Waals surface area (Å²) in [5.41, 5.74) is 0.169. The van der Waals surface area contributed by atoms with Crippen LogP contribution in [-0.2, 0) is 13.2 Å². The number of H-pyrrole nitrogens is 1. The van der Waals surface area contributed by atoms with Crippen LogP contribution in [0.3, 0.4) is 0 Å². The molecule has 3 aromatic heterocycles. The maximum absolute atomic E-state index is 12.1. The number of benzene rings is 1. The van der Waals surface area contributed by atoms with Gasteiger partial charge >= 0.3 is 0 Å². The third-order valence-corrected chi connectivity index (χ3v) is 3.85. The van der Waals surface area contributed by atoms with Gasteiger partial charge in [-0.15, -0.1) is 0 Å². The highest BCUT2D eigenvalue weighted by atomic mass is 16.5. The van der Waals surface area contributed by atoms with Crippen molar-refractivity contribution < 1.29 is 14.1 Å². The Morgan fingerprint density at radius 1 is 1.33 bits per heavy atom. The van der Waals surface area contributed by atoms with Gasteiger partial charge in [0.1, 0.15) is 18.2 Å².